The quantitative estimate of drug-likeness (QED) is 0.815. The molecule has 0 aromatic rings. The van der Waals surface area contributed by atoms with Gasteiger partial charge in [-0.05, 0) is 45.2 Å². The van der Waals surface area contributed by atoms with E-state index in [1.165, 1.54) is 32.4 Å². The van der Waals surface area contributed by atoms with Crippen molar-refractivity contribution in [2.24, 2.45) is 5.92 Å². The number of nitrogens with one attached hydrogen (secondary N) is 1. The van der Waals surface area contributed by atoms with E-state index in [0.29, 0.717) is 24.1 Å². The van der Waals surface area contributed by atoms with Crippen molar-refractivity contribution in [3.8, 4) is 0 Å². The Morgan fingerprint density at radius 2 is 2.06 bits per heavy atom. The first-order valence-electron chi connectivity index (χ1n) is 7.27. The lowest BCUT2D eigenvalue weighted by atomic mass is 10.0. The predicted molar refractivity (Wildman–Crippen MR) is 71.3 cm³/mol. The van der Waals surface area contributed by atoms with Gasteiger partial charge in [-0.1, -0.05) is 13.8 Å². The minimum absolute atomic E-state index is 0.473. The second kappa shape index (κ2) is 6.17. The van der Waals surface area contributed by atoms with Gasteiger partial charge in [0, 0.05) is 25.2 Å². The van der Waals surface area contributed by atoms with E-state index in [9.17, 15) is 0 Å². The highest BCUT2D eigenvalue weighted by Gasteiger charge is 2.30. The molecule has 2 saturated heterocycles. The summed E-state index contributed by atoms with van der Waals surface area (Å²) in [7, 11) is 0. The van der Waals surface area contributed by atoms with Crippen molar-refractivity contribution in [3.05, 3.63) is 0 Å². The first-order valence-corrected chi connectivity index (χ1v) is 7.27. The molecule has 0 spiro atoms. The maximum absolute atomic E-state index is 5.84. The largest absolute Gasteiger partial charge is 0.377 e. The van der Waals surface area contributed by atoms with Crippen LogP contribution in [-0.2, 0) is 4.74 Å². The molecular weight excluding hydrogens is 212 g/mol. The molecule has 0 aliphatic carbocycles. The van der Waals surface area contributed by atoms with Crippen molar-refractivity contribution in [1.82, 2.24) is 10.2 Å². The molecule has 3 nitrogen and oxygen atoms in total. The molecule has 2 fully saturated rings. The fourth-order valence-electron chi connectivity index (χ4n) is 3.01. The van der Waals surface area contributed by atoms with Gasteiger partial charge in [0.05, 0.1) is 6.10 Å². The van der Waals surface area contributed by atoms with Gasteiger partial charge >= 0.3 is 0 Å². The Labute approximate surface area is 106 Å². The zero-order valence-electron chi connectivity index (χ0n) is 11.6. The summed E-state index contributed by atoms with van der Waals surface area (Å²) in [4.78, 5) is 2.64. The zero-order valence-corrected chi connectivity index (χ0v) is 11.6. The summed E-state index contributed by atoms with van der Waals surface area (Å²) in [5.41, 5.74) is 0. The van der Waals surface area contributed by atoms with Gasteiger partial charge in [-0.2, -0.15) is 0 Å². The van der Waals surface area contributed by atoms with Crippen molar-refractivity contribution in [2.45, 2.75) is 58.2 Å². The van der Waals surface area contributed by atoms with Crippen molar-refractivity contribution in [3.63, 3.8) is 0 Å². The summed E-state index contributed by atoms with van der Waals surface area (Å²) in [5, 5.41) is 3.67. The highest BCUT2D eigenvalue weighted by atomic mass is 16.5. The van der Waals surface area contributed by atoms with Gasteiger partial charge < -0.3 is 10.1 Å². The van der Waals surface area contributed by atoms with Crippen molar-refractivity contribution in [2.75, 3.05) is 26.2 Å². The van der Waals surface area contributed by atoms with Crippen molar-refractivity contribution < 1.29 is 4.74 Å². The summed E-state index contributed by atoms with van der Waals surface area (Å²) in [6.07, 6.45) is 4.23. The second-order valence-corrected chi connectivity index (χ2v) is 5.95. The lowest BCUT2D eigenvalue weighted by molar-refractivity contribution is 0.0291. The van der Waals surface area contributed by atoms with E-state index in [1.54, 1.807) is 0 Å². The van der Waals surface area contributed by atoms with Crippen LogP contribution in [0, 0.1) is 5.92 Å². The molecular formula is C14H28N2O. The Balaban J connectivity index is 1.93. The Morgan fingerprint density at radius 3 is 2.71 bits per heavy atom. The molecule has 2 aliphatic heterocycles. The highest BCUT2D eigenvalue weighted by molar-refractivity contribution is 4.85. The van der Waals surface area contributed by atoms with Gasteiger partial charge in [-0.15, -0.1) is 0 Å². The van der Waals surface area contributed by atoms with Crippen LogP contribution in [0.2, 0.25) is 0 Å². The van der Waals surface area contributed by atoms with Gasteiger partial charge in [0.2, 0.25) is 0 Å². The monoisotopic (exact) mass is 240 g/mol. The normalized spacial score (nSPS) is 33.9. The maximum atomic E-state index is 5.84. The van der Waals surface area contributed by atoms with Crippen LogP contribution in [0.4, 0.5) is 0 Å². The zero-order chi connectivity index (χ0) is 12.3. The molecule has 0 amide bonds. The standard InChI is InChI=1S/C14H28N2O/c1-11(2)13-10-16(8-5-7-15-13)12(3)14-6-4-9-17-14/h11-15H,4-10H2,1-3H3. The van der Waals surface area contributed by atoms with E-state index < -0.39 is 0 Å². The van der Waals surface area contributed by atoms with Gasteiger partial charge in [-0.3, -0.25) is 4.90 Å². The second-order valence-electron chi connectivity index (χ2n) is 5.95. The molecule has 2 rings (SSSR count). The lowest BCUT2D eigenvalue weighted by Crippen LogP contribution is -2.47. The topological polar surface area (TPSA) is 24.5 Å². The molecule has 0 saturated carbocycles. The predicted octanol–water partition coefficient (Wildman–Crippen LogP) is 1.87. The summed E-state index contributed by atoms with van der Waals surface area (Å²) in [5.74, 6) is 0.715. The minimum Gasteiger partial charge on any atom is -0.377 e. The third-order valence-corrected chi connectivity index (χ3v) is 4.34. The van der Waals surface area contributed by atoms with Crippen molar-refractivity contribution in [1.29, 1.82) is 0 Å². The molecule has 1 N–H and O–H groups in total. The molecule has 3 heteroatoms. The van der Waals surface area contributed by atoms with Crippen LogP contribution in [0.3, 0.4) is 0 Å². The van der Waals surface area contributed by atoms with Crippen molar-refractivity contribution >= 4 is 0 Å². The molecule has 0 aromatic heterocycles. The van der Waals surface area contributed by atoms with E-state index in [2.05, 4.69) is 31.0 Å². The fourth-order valence-corrected chi connectivity index (χ4v) is 3.01. The maximum Gasteiger partial charge on any atom is 0.0728 e. The third-order valence-electron chi connectivity index (χ3n) is 4.34. The SMILES string of the molecule is CC(C)C1CN(C(C)C2CCCO2)CCCN1. The number of hydrogen-bond donors (Lipinski definition) is 1. The highest BCUT2D eigenvalue weighted by Crippen LogP contribution is 2.21. The summed E-state index contributed by atoms with van der Waals surface area (Å²) in [6, 6.07) is 1.22. The lowest BCUT2D eigenvalue weighted by Gasteiger charge is -2.34. The Bertz CT molecular complexity index is 226. The van der Waals surface area contributed by atoms with E-state index in [0.717, 1.165) is 13.2 Å². The first kappa shape index (κ1) is 13.3. The molecule has 0 bridgehead atoms. The van der Waals surface area contributed by atoms with Gasteiger partial charge in [0.25, 0.3) is 0 Å². The molecule has 100 valence electrons. The van der Waals surface area contributed by atoms with Crippen LogP contribution in [0.1, 0.15) is 40.0 Å². The van der Waals surface area contributed by atoms with E-state index >= 15 is 0 Å². The fraction of sp³-hybridized carbons (Fsp3) is 1.00. The minimum atomic E-state index is 0.473. The van der Waals surface area contributed by atoms with Gasteiger partial charge in [0.1, 0.15) is 0 Å². The summed E-state index contributed by atoms with van der Waals surface area (Å²) in [6.45, 7) is 11.5. The number of nitrogens with zero attached hydrogens (tertiary/aromatic N) is 1. The smallest absolute Gasteiger partial charge is 0.0728 e. The Kier molecular flexibility index (Phi) is 4.83. The molecule has 0 aromatic carbocycles. The average Bonchev–Trinajstić information content (AvgIpc) is 2.71. The van der Waals surface area contributed by atoms with E-state index in [-0.39, 0.29) is 0 Å². The van der Waals surface area contributed by atoms with Crippen LogP contribution >= 0.6 is 0 Å². The van der Waals surface area contributed by atoms with Crippen LogP contribution in [0.15, 0.2) is 0 Å². The van der Waals surface area contributed by atoms with Gasteiger partial charge in [-0.25, -0.2) is 0 Å². The van der Waals surface area contributed by atoms with Crippen LogP contribution < -0.4 is 5.32 Å². The van der Waals surface area contributed by atoms with E-state index in [1.807, 2.05) is 0 Å². The molecule has 3 atom stereocenters. The molecule has 2 heterocycles. The molecule has 0 radical (unpaired) electrons. The number of hydrogen-bond acceptors (Lipinski definition) is 3. The third kappa shape index (κ3) is 3.43. The molecule has 17 heavy (non-hydrogen) atoms. The van der Waals surface area contributed by atoms with E-state index in [4.69, 9.17) is 4.74 Å². The summed E-state index contributed by atoms with van der Waals surface area (Å²) >= 11 is 0. The first-order chi connectivity index (χ1) is 8.18. The van der Waals surface area contributed by atoms with Crippen LogP contribution in [0.5, 0.6) is 0 Å². The Hall–Kier alpha value is -0.120. The van der Waals surface area contributed by atoms with Crippen LogP contribution in [-0.4, -0.2) is 49.3 Å². The number of rotatable bonds is 3. The van der Waals surface area contributed by atoms with Gasteiger partial charge in [0.15, 0.2) is 0 Å². The molecule has 3 unspecified atom stereocenters. The molecule has 2 aliphatic rings. The summed E-state index contributed by atoms with van der Waals surface area (Å²) < 4.78 is 5.84. The number of ether oxygens (including phenoxy) is 1. The Morgan fingerprint density at radius 1 is 1.24 bits per heavy atom. The average molecular weight is 240 g/mol. The van der Waals surface area contributed by atoms with Crippen LogP contribution in [0.25, 0.3) is 0 Å².